The van der Waals surface area contributed by atoms with E-state index in [4.69, 9.17) is 16.3 Å². The van der Waals surface area contributed by atoms with Gasteiger partial charge in [0.05, 0.1) is 5.02 Å². The molecular weight excluding hydrogens is 422 g/mol. The fraction of sp³-hybridized carbons (Fsp3) is 0.286. The molecule has 3 aromatic rings. The molecule has 30 heavy (non-hydrogen) atoms. The Labute approximate surface area is 184 Å². The first-order chi connectivity index (χ1) is 14.6. The summed E-state index contributed by atoms with van der Waals surface area (Å²) in [5.74, 6) is 2.22. The van der Waals surface area contributed by atoms with E-state index in [-0.39, 0.29) is 6.09 Å². The number of carbonyl (C=O) groups is 1. The summed E-state index contributed by atoms with van der Waals surface area (Å²) in [6.45, 7) is 2.57. The molecule has 0 unspecified atom stereocenters. The zero-order valence-electron chi connectivity index (χ0n) is 16.6. The third-order valence-electron chi connectivity index (χ3n) is 4.85. The number of imidazole rings is 1. The molecule has 1 fully saturated rings. The summed E-state index contributed by atoms with van der Waals surface area (Å²) in [6, 6.07) is 11.3. The van der Waals surface area contributed by atoms with Gasteiger partial charge < -0.3 is 19.1 Å². The normalized spacial score (nSPS) is 14.1. The van der Waals surface area contributed by atoms with E-state index < -0.39 is 0 Å². The molecule has 156 valence electrons. The molecule has 3 heterocycles. The molecule has 1 aliphatic heterocycles. The minimum atomic E-state index is -0.325. The number of nitrogens with zero attached hydrogens (tertiary/aromatic N) is 5. The molecule has 1 aromatic carbocycles. The number of aryl methyl sites for hydroxylation is 1. The first kappa shape index (κ1) is 20.6. The molecule has 0 radical (unpaired) electrons. The molecule has 7 nitrogen and oxygen atoms in total. The second kappa shape index (κ2) is 9.40. The number of ether oxygens (including phenoxy) is 1. The number of hydrogen-bond donors (Lipinski definition) is 0. The predicted octanol–water partition coefficient (Wildman–Crippen LogP) is 4.08. The van der Waals surface area contributed by atoms with Crippen LogP contribution in [0.25, 0.3) is 0 Å². The maximum Gasteiger partial charge on any atom is 0.415 e. The Morgan fingerprint density at radius 1 is 1.10 bits per heavy atom. The highest BCUT2D eigenvalue weighted by Crippen LogP contribution is 2.23. The van der Waals surface area contributed by atoms with Crippen molar-refractivity contribution in [2.45, 2.75) is 10.9 Å². The van der Waals surface area contributed by atoms with Crippen LogP contribution in [0.5, 0.6) is 5.75 Å². The van der Waals surface area contributed by atoms with Gasteiger partial charge in [-0.1, -0.05) is 35.5 Å². The monoisotopic (exact) mass is 443 g/mol. The molecule has 0 aliphatic carbocycles. The van der Waals surface area contributed by atoms with Crippen LogP contribution in [0.3, 0.4) is 0 Å². The first-order valence-corrected chi connectivity index (χ1v) is 11.0. The molecule has 0 spiro atoms. The van der Waals surface area contributed by atoms with Gasteiger partial charge in [-0.25, -0.2) is 14.8 Å². The molecule has 0 saturated carbocycles. The van der Waals surface area contributed by atoms with Crippen LogP contribution in [0.4, 0.5) is 10.6 Å². The van der Waals surface area contributed by atoms with E-state index in [0.29, 0.717) is 37.0 Å². The number of carbonyl (C=O) groups excluding carboxylic acids is 1. The maximum absolute atomic E-state index is 12.5. The van der Waals surface area contributed by atoms with E-state index >= 15 is 0 Å². The molecule has 0 atom stereocenters. The second-order valence-electron chi connectivity index (χ2n) is 6.93. The second-order valence-corrected chi connectivity index (χ2v) is 8.31. The van der Waals surface area contributed by atoms with Gasteiger partial charge in [-0.2, -0.15) is 0 Å². The molecule has 1 aliphatic rings. The van der Waals surface area contributed by atoms with Crippen molar-refractivity contribution in [3.8, 4) is 5.75 Å². The topological polar surface area (TPSA) is 63.5 Å². The molecule has 1 saturated heterocycles. The van der Waals surface area contributed by atoms with Gasteiger partial charge in [-0.3, -0.25) is 0 Å². The predicted molar refractivity (Wildman–Crippen MR) is 118 cm³/mol. The SMILES string of the molecule is Cn1ccnc1SCc1ccc(OC(=O)N2CCN(c3ccc(Cl)cn3)CC2)cc1. The molecule has 4 rings (SSSR count). The summed E-state index contributed by atoms with van der Waals surface area (Å²) in [5, 5.41) is 1.58. The van der Waals surface area contributed by atoms with E-state index in [1.165, 1.54) is 0 Å². The van der Waals surface area contributed by atoms with Gasteiger partial charge in [-0.05, 0) is 29.8 Å². The van der Waals surface area contributed by atoms with E-state index in [0.717, 1.165) is 22.3 Å². The van der Waals surface area contributed by atoms with Gasteiger partial charge in [0, 0.05) is 57.6 Å². The minimum absolute atomic E-state index is 0.325. The Kier molecular flexibility index (Phi) is 6.44. The lowest BCUT2D eigenvalue weighted by atomic mass is 10.2. The number of thioether (sulfide) groups is 1. The highest BCUT2D eigenvalue weighted by Gasteiger charge is 2.23. The lowest BCUT2D eigenvalue weighted by molar-refractivity contribution is 0.149. The fourth-order valence-corrected chi connectivity index (χ4v) is 4.13. The van der Waals surface area contributed by atoms with Crippen molar-refractivity contribution < 1.29 is 9.53 Å². The van der Waals surface area contributed by atoms with Gasteiger partial charge in [0.2, 0.25) is 0 Å². The average Bonchev–Trinajstić information content (AvgIpc) is 3.18. The van der Waals surface area contributed by atoms with Gasteiger partial charge in [0.1, 0.15) is 11.6 Å². The number of halogens is 1. The van der Waals surface area contributed by atoms with Crippen molar-refractivity contribution >= 4 is 35.3 Å². The Hall–Kier alpha value is -2.71. The largest absolute Gasteiger partial charge is 0.415 e. The van der Waals surface area contributed by atoms with Crippen LogP contribution in [0.1, 0.15) is 5.56 Å². The number of aromatic nitrogens is 3. The number of rotatable bonds is 5. The highest BCUT2D eigenvalue weighted by atomic mass is 35.5. The van der Waals surface area contributed by atoms with Crippen LogP contribution < -0.4 is 9.64 Å². The lowest BCUT2D eigenvalue weighted by Gasteiger charge is -2.34. The molecule has 0 bridgehead atoms. The van der Waals surface area contributed by atoms with Gasteiger partial charge >= 0.3 is 6.09 Å². The van der Waals surface area contributed by atoms with Gasteiger partial charge in [0.15, 0.2) is 5.16 Å². The number of piperazine rings is 1. The van der Waals surface area contributed by atoms with Gasteiger partial charge in [-0.15, -0.1) is 0 Å². The smallest absolute Gasteiger partial charge is 0.410 e. The van der Waals surface area contributed by atoms with Crippen LogP contribution in [-0.2, 0) is 12.8 Å². The zero-order valence-corrected chi connectivity index (χ0v) is 18.1. The Morgan fingerprint density at radius 3 is 2.50 bits per heavy atom. The summed E-state index contributed by atoms with van der Waals surface area (Å²) >= 11 is 7.56. The molecule has 2 aromatic heterocycles. The number of pyridine rings is 1. The first-order valence-electron chi connectivity index (χ1n) is 9.61. The van der Waals surface area contributed by atoms with Crippen LogP contribution in [0, 0.1) is 0 Å². The summed E-state index contributed by atoms with van der Waals surface area (Å²) in [6.07, 6.45) is 5.03. The minimum Gasteiger partial charge on any atom is -0.410 e. The van der Waals surface area contributed by atoms with Crippen molar-refractivity contribution in [1.29, 1.82) is 0 Å². The number of anilines is 1. The van der Waals surface area contributed by atoms with Crippen molar-refractivity contribution in [3.63, 3.8) is 0 Å². The van der Waals surface area contributed by atoms with Crippen molar-refractivity contribution in [1.82, 2.24) is 19.4 Å². The van der Waals surface area contributed by atoms with Crippen LogP contribution >= 0.6 is 23.4 Å². The lowest BCUT2D eigenvalue weighted by Crippen LogP contribution is -2.49. The zero-order chi connectivity index (χ0) is 20.9. The highest BCUT2D eigenvalue weighted by molar-refractivity contribution is 7.98. The Morgan fingerprint density at radius 2 is 1.87 bits per heavy atom. The van der Waals surface area contributed by atoms with Crippen molar-refractivity contribution in [3.05, 3.63) is 65.6 Å². The van der Waals surface area contributed by atoms with Crippen LogP contribution in [0.15, 0.2) is 60.1 Å². The molecule has 1 amide bonds. The maximum atomic E-state index is 12.5. The summed E-state index contributed by atoms with van der Waals surface area (Å²) < 4.78 is 7.54. The third-order valence-corrected chi connectivity index (χ3v) is 6.20. The summed E-state index contributed by atoms with van der Waals surface area (Å²) in [7, 11) is 1.98. The summed E-state index contributed by atoms with van der Waals surface area (Å²) in [4.78, 5) is 25.0. The standard InChI is InChI=1S/C21H22ClN5O2S/c1-25-9-8-23-20(25)30-15-16-2-5-18(6-3-16)29-21(28)27-12-10-26(11-13-27)19-7-4-17(22)14-24-19/h2-9,14H,10-13,15H2,1H3. The molecule has 0 N–H and O–H groups in total. The Balaban J connectivity index is 1.26. The van der Waals surface area contributed by atoms with E-state index in [1.54, 1.807) is 29.1 Å². The van der Waals surface area contributed by atoms with E-state index in [9.17, 15) is 4.79 Å². The molecule has 9 heteroatoms. The number of benzene rings is 1. The summed E-state index contributed by atoms with van der Waals surface area (Å²) in [5.41, 5.74) is 1.15. The molecular formula is C21H22ClN5O2S. The third kappa shape index (κ3) is 5.06. The number of amides is 1. The Bertz CT molecular complexity index is 985. The van der Waals surface area contributed by atoms with Crippen LogP contribution in [-0.4, -0.2) is 51.7 Å². The van der Waals surface area contributed by atoms with Gasteiger partial charge in [0.25, 0.3) is 0 Å². The van der Waals surface area contributed by atoms with E-state index in [2.05, 4.69) is 14.9 Å². The van der Waals surface area contributed by atoms with Crippen molar-refractivity contribution in [2.75, 3.05) is 31.1 Å². The van der Waals surface area contributed by atoms with Crippen LogP contribution in [0.2, 0.25) is 5.02 Å². The quantitative estimate of drug-likeness (QED) is 0.553. The number of hydrogen-bond acceptors (Lipinski definition) is 6. The van der Waals surface area contributed by atoms with E-state index in [1.807, 2.05) is 54.2 Å². The van der Waals surface area contributed by atoms with Crippen molar-refractivity contribution in [2.24, 2.45) is 7.05 Å². The fourth-order valence-electron chi connectivity index (χ4n) is 3.13. The average molecular weight is 444 g/mol.